The van der Waals surface area contributed by atoms with Gasteiger partial charge in [0.2, 0.25) is 0 Å². The molecule has 10 heteroatoms. The van der Waals surface area contributed by atoms with Crippen LogP contribution >= 0.6 is 15.9 Å². The SMILES string of the molecule is Cc1ccccc1OCC(=O)N[C@@H](CC(C)C)C(=O)N/N=C\c1ccc(OCC(=O)O)c(Br)c1. The second kappa shape index (κ2) is 13.3. The summed E-state index contributed by atoms with van der Waals surface area (Å²) in [6, 6.07) is 11.5. The van der Waals surface area contributed by atoms with Gasteiger partial charge in [-0.25, -0.2) is 10.2 Å². The third kappa shape index (κ3) is 9.22. The van der Waals surface area contributed by atoms with Crippen molar-refractivity contribution in [2.24, 2.45) is 11.0 Å². The molecule has 0 unspecified atom stereocenters. The largest absolute Gasteiger partial charge is 0.484 e. The first-order valence-electron chi connectivity index (χ1n) is 10.6. The predicted octanol–water partition coefficient (Wildman–Crippen LogP) is 3.28. The topological polar surface area (TPSA) is 126 Å². The number of aliphatic carboxylic acids is 1. The van der Waals surface area contributed by atoms with E-state index >= 15 is 0 Å². The number of aryl methyl sites for hydroxylation is 1. The van der Waals surface area contributed by atoms with Gasteiger partial charge < -0.3 is 19.9 Å². The van der Waals surface area contributed by atoms with Crippen molar-refractivity contribution in [3.8, 4) is 11.5 Å². The van der Waals surface area contributed by atoms with Gasteiger partial charge >= 0.3 is 5.97 Å². The Morgan fingerprint density at radius 3 is 2.44 bits per heavy atom. The van der Waals surface area contributed by atoms with Gasteiger partial charge in [-0.2, -0.15) is 5.10 Å². The first-order chi connectivity index (χ1) is 16.2. The van der Waals surface area contributed by atoms with Gasteiger partial charge in [0.1, 0.15) is 17.5 Å². The maximum Gasteiger partial charge on any atom is 0.341 e. The third-order valence-corrected chi connectivity index (χ3v) is 5.13. The lowest BCUT2D eigenvalue weighted by Gasteiger charge is -2.19. The van der Waals surface area contributed by atoms with Crippen molar-refractivity contribution in [3.63, 3.8) is 0 Å². The number of hydrogen-bond donors (Lipinski definition) is 3. The minimum Gasteiger partial charge on any atom is -0.484 e. The fraction of sp³-hybridized carbons (Fsp3) is 0.333. The van der Waals surface area contributed by atoms with Gasteiger partial charge in [-0.3, -0.25) is 9.59 Å². The monoisotopic (exact) mass is 533 g/mol. The van der Waals surface area contributed by atoms with Crippen molar-refractivity contribution < 1.29 is 29.0 Å². The van der Waals surface area contributed by atoms with E-state index in [9.17, 15) is 14.4 Å². The van der Waals surface area contributed by atoms with E-state index < -0.39 is 30.4 Å². The van der Waals surface area contributed by atoms with Gasteiger partial charge in [-0.1, -0.05) is 32.0 Å². The molecule has 0 heterocycles. The first kappa shape index (κ1) is 26.8. The summed E-state index contributed by atoms with van der Waals surface area (Å²) in [5.74, 6) is -0.797. The zero-order valence-corrected chi connectivity index (χ0v) is 20.8. The quantitative estimate of drug-likeness (QED) is 0.284. The molecule has 0 bridgehead atoms. The van der Waals surface area contributed by atoms with Gasteiger partial charge in [0.05, 0.1) is 10.7 Å². The van der Waals surface area contributed by atoms with Gasteiger partial charge in [0, 0.05) is 0 Å². The van der Waals surface area contributed by atoms with Gasteiger partial charge in [0.25, 0.3) is 11.8 Å². The summed E-state index contributed by atoms with van der Waals surface area (Å²) in [5.41, 5.74) is 4.01. The van der Waals surface area contributed by atoms with Crippen LogP contribution in [0.25, 0.3) is 0 Å². The number of carboxylic acids is 1. The number of halogens is 1. The fourth-order valence-corrected chi connectivity index (χ4v) is 3.41. The summed E-state index contributed by atoms with van der Waals surface area (Å²) in [6.45, 7) is 5.12. The van der Waals surface area contributed by atoms with Crippen LogP contribution in [-0.4, -0.2) is 48.4 Å². The van der Waals surface area contributed by atoms with Crippen molar-refractivity contribution in [1.29, 1.82) is 0 Å². The lowest BCUT2D eigenvalue weighted by atomic mass is 10.0. The van der Waals surface area contributed by atoms with Crippen LogP contribution in [0.1, 0.15) is 31.4 Å². The van der Waals surface area contributed by atoms with Gasteiger partial charge in [-0.05, 0) is 70.6 Å². The van der Waals surface area contributed by atoms with E-state index in [1.54, 1.807) is 24.3 Å². The number of hydrogen-bond acceptors (Lipinski definition) is 6. The van der Waals surface area contributed by atoms with Crippen molar-refractivity contribution in [2.75, 3.05) is 13.2 Å². The van der Waals surface area contributed by atoms with Crippen LogP contribution in [0.3, 0.4) is 0 Å². The summed E-state index contributed by atoms with van der Waals surface area (Å²) in [6.07, 6.45) is 1.86. The number of carbonyl (C=O) groups is 3. The fourth-order valence-electron chi connectivity index (χ4n) is 2.90. The molecule has 0 spiro atoms. The highest BCUT2D eigenvalue weighted by atomic mass is 79.9. The summed E-state index contributed by atoms with van der Waals surface area (Å²) in [7, 11) is 0. The average molecular weight is 534 g/mol. The summed E-state index contributed by atoms with van der Waals surface area (Å²) in [4.78, 5) is 35.6. The molecule has 2 aromatic carbocycles. The van der Waals surface area contributed by atoms with Crippen molar-refractivity contribution in [3.05, 3.63) is 58.1 Å². The molecule has 0 radical (unpaired) electrons. The second-order valence-corrected chi connectivity index (χ2v) is 8.76. The molecule has 3 N–H and O–H groups in total. The van der Waals surface area contributed by atoms with Crippen LogP contribution in [0.2, 0.25) is 0 Å². The molecule has 2 aromatic rings. The van der Waals surface area contributed by atoms with E-state index in [0.29, 0.717) is 28.0 Å². The second-order valence-electron chi connectivity index (χ2n) is 7.91. The predicted molar refractivity (Wildman–Crippen MR) is 131 cm³/mol. The van der Waals surface area contributed by atoms with Gasteiger partial charge in [0.15, 0.2) is 13.2 Å². The lowest BCUT2D eigenvalue weighted by molar-refractivity contribution is -0.139. The van der Waals surface area contributed by atoms with E-state index in [2.05, 4.69) is 31.8 Å². The molecule has 2 amide bonds. The van der Waals surface area contributed by atoms with Crippen molar-refractivity contribution in [2.45, 2.75) is 33.2 Å². The Labute approximate surface area is 206 Å². The number of benzene rings is 2. The van der Waals surface area contributed by atoms with E-state index in [1.165, 1.54) is 6.21 Å². The Morgan fingerprint density at radius 1 is 1.09 bits per heavy atom. The molecular formula is C24H28BrN3O6. The zero-order chi connectivity index (χ0) is 25.1. The number of carboxylic acid groups (broad SMARTS) is 1. The molecule has 0 saturated carbocycles. The molecule has 2 rings (SSSR count). The summed E-state index contributed by atoms with van der Waals surface area (Å²) in [5, 5.41) is 15.4. The Kier molecular flexibility index (Phi) is 10.5. The Balaban J connectivity index is 1.93. The molecule has 182 valence electrons. The number of nitrogens with zero attached hydrogens (tertiary/aromatic N) is 1. The summed E-state index contributed by atoms with van der Waals surface area (Å²) < 4.78 is 11.2. The van der Waals surface area contributed by atoms with Crippen LogP contribution in [0, 0.1) is 12.8 Å². The molecule has 0 aliphatic carbocycles. The zero-order valence-electron chi connectivity index (χ0n) is 19.2. The molecule has 0 aliphatic rings. The van der Waals surface area contributed by atoms with Crippen LogP contribution in [0.4, 0.5) is 0 Å². The molecule has 9 nitrogen and oxygen atoms in total. The van der Waals surface area contributed by atoms with E-state index in [4.69, 9.17) is 14.6 Å². The van der Waals surface area contributed by atoms with Crippen LogP contribution in [0.5, 0.6) is 11.5 Å². The van der Waals surface area contributed by atoms with Crippen LogP contribution < -0.4 is 20.2 Å². The highest BCUT2D eigenvalue weighted by Crippen LogP contribution is 2.25. The first-order valence-corrected chi connectivity index (χ1v) is 11.4. The lowest BCUT2D eigenvalue weighted by Crippen LogP contribution is -2.47. The highest BCUT2D eigenvalue weighted by molar-refractivity contribution is 9.10. The van der Waals surface area contributed by atoms with E-state index in [0.717, 1.165) is 5.56 Å². The average Bonchev–Trinajstić information content (AvgIpc) is 2.77. The normalized spacial score (nSPS) is 11.8. The maximum absolute atomic E-state index is 12.6. The highest BCUT2D eigenvalue weighted by Gasteiger charge is 2.22. The number of hydrazone groups is 1. The molecule has 1 atom stereocenters. The molecule has 0 aliphatic heterocycles. The Hall–Kier alpha value is -3.40. The Bertz CT molecular complexity index is 1040. The van der Waals surface area contributed by atoms with E-state index in [1.807, 2.05) is 39.0 Å². The van der Waals surface area contributed by atoms with Crippen molar-refractivity contribution in [1.82, 2.24) is 10.7 Å². The molecule has 0 fully saturated rings. The number of ether oxygens (including phenoxy) is 2. The standard InChI is InChI=1S/C24H28BrN3O6/c1-15(2)10-19(27-22(29)13-33-20-7-5-4-6-16(20)3)24(32)28-26-12-17-8-9-21(18(25)11-17)34-14-23(30)31/h4-9,11-12,15,19H,10,13-14H2,1-3H3,(H,27,29)(H,28,32)(H,30,31)/b26-12-/t19-/m0/s1. The number of rotatable bonds is 12. The minimum atomic E-state index is -1.08. The minimum absolute atomic E-state index is 0.159. The maximum atomic E-state index is 12.6. The Morgan fingerprint density at radius 2 is 1.79 bits per heavy atom. The van der Waals surface area contributed by atoms with Crippen LogP contribution in [0.15, 0.2) is 52.0 Å². The number of para-hydroxylation sites is 1. The number of amides is 2. The molecular weight excluding hydrogens is 506 g/mol. The molecule has 0 saturated heterocycles. The third-order valence-electron chi connectivity index (χ3n) is 4.51. The van der Waals surface area contributed by atoms with Gasteiger partial charge in [-0.15, -0.1) is 0 Å². The molecule has 0 aromatic heterocycles. The van der Waals surface area contributed by atoms with E-state index in [-0.39, 0.29) is 12.5 Å². The molecule has 34 heavy (non-hydrogen) atoms. The number of nitrogens with one attached hydrogen (secondary N) is 2. The smallest absolute Gasteiger partial charge is 0.341 e. The van der Waals surface area contributed by atoms with Crippen molar-refractivity contribution >= 4 is 39.9 Å². The van der Waals surface area contributed by atoms with Crippen LogP contribution in [-0.2, 0) is 14.4 Å². The summed E-state index contributed by atoms with van der Waals surface area (Å²) >= 11 is 3.31. The number of carbonyl (C=O) groups excluding carboxylic acids is 2.